The fraction of sp³-hybridized carbons (Fsp3) is 0.300. The molecule has 0 aromatic carbocycles. The lowest BCUT2D eigenvalue weighted by Gasteiger charge is -2.04. The van der Waals surface area contributed by atoms with Gasteiger partial charge in [-0.1, -0.05) is 0 Å². The predicted molar refractivity (Wildman–Crippen MR) is 74.0 cm³/mol. The fourth-order valence-corrected chi connectivity index (χ4v) is 3.66. The van der Waals surface area contributed by atoms with Crippen molar-refractivity contribution in [3.8, 4) is 0 Å². The van der Waals surface area contributed by atoms with Crippen LogP contribution in [0.15, 0.2) is 22.1 Å². The van der Waals surface area contributed by atoms with Crippen molar-refractivity contribution in [2.45, 2.75) is 10.8 Å². The number of nitrogens with one attached hydrogen (secondary N) is 1. The van der Waals surface area contributed by atoms with Gasteiger partial charge in [0.15, 0.2) is 9.90 Å². The summed E-state index contributed by atoms with van der Waals surface area (Å²) >= 11 is 0.735. The zero-order valence-electron chi connectivity index (χ0n) is 10.9. The number of aromatic carboxylic acids is 1. The van der Waals surface area contributed by atoms with Crippen LogP contribution >= 0.6 is 11.3 Å². The molecule has 11 heteroatoms. The van der Waals surface area contributed by atoms with Gasteiger partial charge in [0, 0.05) is 13.3 Å². The molecule has 0 aliphatic rings. The highest BCUT2D eigenvalue weighted by molar-refractivity contribution is 7.94. The molecule has 0 unspecified atom stereocenters. The number of carboxylic acids is 1. The molecule has 0 saturated carbocycles. The summed E-state index contributed by atoms with van der Waals surface area (Å²) in [6.45, 7) is 0.908. The minimum Gasteiger partial charge on any atom is -0.476 e. The zero-order valence-corrected chi connectivity index (χ0v) is 12.5. The SMILES string of the molecule is COCCn1cc(NS(=O)(=O)c2scnc2C(=O)O)cn1. The van der Waals surface area contributed by atoms with Crippen molar-refractivity contribution in [2.24, 2.45) is 0 Å². The van der Waals surface area contributed by atoms with Crippen molar-refractivity contribution in [2.75, 3.05) is 18.4 Å². The molecule has 2 heterocycles. The Hall–Kier alpha value is -1.98. The van der Waals surface area contributed by atoms with Gasteiger partial charge in [-0.2, -0.15) is 5.10 Å². The van der Waals surface area contributed by atoms with Crippen LogP contribution < -0.4 is 4.72 Å². The summed E-state index contributed by atoms with van der Waals surface area (Å²) < 4.78 is 32.6. The maximum atomic E-state index is 12.1. The second kappa shape index (κ2) is 6.20. The summed E-state index contributed by atoms with van der Waals surface area (Å²) in [6.07, 6.45) is 2.81. The first-order chi connectivity index (χ1) is 9.94. The molecule has 2 rings (SSSR count). The van der Waals surface area contributed by atoms with Gasteiger partial charge in [0.2, 0.25) is 0 Å². The number of carbonyl (C=O) groups is 1. The molecular formula is C10H12N4O5S2. The minimum absolute atomic E-state index is 0.232. The van der Waals surface area contributed by atoms with Crippen molar-refractivity contribution >= 4 is 33.0 Å². The van der Waals surface area contributed by atoms with E-state index < -0.39 is 21.7 Å². The van der Waals surface area contributed by atoms with Crippen LogP contribution in [0.2, 0.25) is 0 Å². The lowest BCUT2D eigenvalue weighted by molar-refractivity contribution is 0.0687. The number of aromatic nitrogens is 3. The van der Waals surface area contributed by atoms with Crippen LogP contribution in [0.5, 0.6) is 0 Å². The van der Waals surface area contributed by atoms with E-state index in [9.17, 15) is 13.2 Å². The Morgan fingerprint density at radius 3 is 3.00 bits per heavy atom. The maximum absolute atomic E-state index is 12.1. The Morgan fingerprint density at radius 2 is 2.33 bits per heavy atom. The molecule has 0 radical (unpaired) electrons. The molecule has 0 fully saturated rings. The topological polar surface area (TPSA) is 123 Å². The first-order valence-electron chi connectivity index (χ1n) is 5.65. The van der Waals surface area contributed by atoms with E-state index in [1.54, 1.807) is 7.11 Å². The second-order valence-electron chi connectivity index (χ2n) is 3.88. The number of ether oxygens (including phenoxy) is 1. The van der Waals surface area contributed by atoms with Crippen molar-refractivity contribution in [1.82, 2.24) is 14.8 Å². The van der Waals surface area contributed by atoms with Crippen molar-refractivity contribution in [3.63, 3.8) is 0 Å². The standard InChI is InChI=1S/C10H12N4O5S2/c1-19-3-2-14-5-7(4-12-14)13-21(17,18)10-8(9(15)16)11-6-20-10/h4-6,13H,2-3H2,1H3,(H,15,16). The average molecular weight is 332 g/mol. The number of nitrogens with zero attached hydrogens (tertiary/aromatic N) is 3. The van der Waals surface area contributed by atoms with Crippen LogP contribution in [-0.4, -0.2) is 48.0 Å². The highest BCUT2D eigenvalue weighted by Gasteiger charge is 2.26. The van der Waals surface area contributed by atoms with Gasteiger partial charge >= 0.3 is 5.97 Å². The lowest BCUT2D eigenvalue weighted by Crippen LogP contribution is -2.15. The monoisotopic (exact) mass is 332 g/mol. The van der Waals surface area contributed by atoms with E-state index in [0.29, 0.717) is 13.2 Å². The molecule has 0 bridgehead atoms. The van der Waals surface area contributed by atoms with Crippen LogP contribution in [0.1, 0.15) is 10.5 Å². The summed E-state index contributed by atoms with van der Waals surface area (Å²) in [6, 6.07) is 0. The van der Waals surface area contributed by atoms with Gasteiger partial charge in [-0.3, -0.25) is 9.40 Å². The summed E-state index contributed by atoms with van der Waals surface area (Å²) in [5, 5.41) is 12.9. The largest absolute Gasteiger partial charge is 0.476 e. The first kappa shape index (κ1) is 15.4. The van der Waals surface area contributed by atoms with E-state index in [1.165, 1.54) is 22.6 Å². The fourth-order valence-electron chi connectivity index (χ4n) is 1.49. The quantitative estimate of drug-likeness (QED) is 0.756. The molecule has 2 aromatic heterocycles. The van der Waals surface area contributed by atoms with E-state index in [-0.39, 0.29) is 9.90 Å². The smallest absolute Gasteiger partial charge is 0.356 e. The van der Waals surface area contributed by atoms with Gasteiger partial charge in [-0.05, 0) is 0 Å². The van der Waals surface area contributed by atoms with Gasteiger partial charge in [0.1, 0.15) is 0 Å². The van der Waals surface area contributed by atoms with Crippen LogP contribution in [0, 0.1) is 0 Å². The molecule has 21 heavy (non-hydrogen) atoms. The summed E-state index contributed by atoms with van der Waals surface area (Å²) in [5.74, 6) is -1.40. The normalized spacial score (nSPS) is 11.5. The van der Waals surface area contributed by atoms with Gasteiger partial charge in [-0.25, -0.2) is 18.2 Å². The third-order valence-electron chi connectivity index (χ3n) is 2.39. The molecule has 2 N–H and O–H groups in total. The molecule has 114 valence electrons. The van der Waals surface area contributed by atoms with Crippen molar-refractivity contribution in [1.29, 1.82) is 0 Å². The van der Waals surface area contributed by atoms with Crippen molar-refractivity contribution < 1.29 is 23.1 Å². The molecule has 2 aromatic rings. The Labute approximate surface area is 124 Å². The van der Waals surface area contributed by atoms with E-state index in [4.69, 9.17) is 9.84 Å². The molecule has 0 spiro atoms. The zero-order chi connectivity index (χ0) is 15.5. The summed E-state index contributed by atoms with van der Waals surface area (Å²) in [5.41, 5.74) is 0.898. The van der Waals surface area contributed by atoms with E-state index in [1.807, 2.05) is 0 Å². The Kier molecular flexibility index (Phi) is 4.55. The second-order valence-corrected chi connectivity index (χ2v) is 6.62. The molecule has 0 aliphatic heterocycles. The minimum atomic E-state index is -4.01. The first-order valence-corrected chi connectivity index (χ1v) is 8.01. The maximum Gasteiger partial charge on any atom is 0.356 e. The van der Waals surface area contributed by atoms with Gasteiger partial charge < -0.3 is 9.84 Å². The van der Waals surface area contributed by atoms with Gasteiger partial charge in [0.05, 0.1) is 30.5 Å². The number of sulfonamides is 1. The molecular weight excluding hydrogens is 320 g/mol. The van der Waals surface area contributed by atoms with Gasteiger partial charge in [0.25, 0.3) is 10.0 Å². The van der Waals surface area contributed by atoms with Crippen molar-refractivity contribution in [3.05, 3.63) is 23.6 Å². The van der Waals surface area contributed by atoms with E-state index in [0.717, 1.165) is 11.3 Å². The number of rotatable bonds is 7. The summed E-state index contributed by atoms with van der Waals surface area (Å²) in [7, 11) is -2.47. The van der Waals surface area contributed by atoms with Crippen LogP contribution in [0.4, 0.5) is 5.69 Å². The number of methoxy groups -OCH3 is 1. The van der Waals surface area contributed by atoms with Crippen LogP contribution in [-0.2, 0) is 21.3 Å². The molecule has 0 saturated heterocycles. The highest BCUT2D eigenvalue weighted by atomic mass is 32.2. The average Bonchev–Trinajstić information content (AvgIpc) is 3.04. The van der Waals surface area contributed by atoms with Crippen LogP contribution in [0.25, 0.3) is 0 Å². The number of hydrogen-bond donors (Lipinski definition) is 2. The Bertz CT molecular complexity index is 736. The molecule has 0 atom stereocenters. The van der Waals surface area contributed by atoms with Crippen LogP contribution in [0.3, 0.4) is 0 Å². The number of anilines is 1. The molecule has 0 amide bonds. The molecule has 9 nitrogen and oxygen atoms in total. The number of thiazole rings is 1. The highest BCUT2D eigenvalue weighted by Crippen LogP contribution is 2.22. The number of carboxylic acid groups (broad SMARTS) is 1. The third kappa shape index (κ3) is 3.56. The van der Waals surface area contributed by atoms with E-state index in [2.05, 4.69) is 14.8 Å². The number of hydrogen-bond acceptors (Lipinski definition) is 7. The third-order valence-corrected chi connectivity index (χ3v) is 5.14. The summed E-state index contributed by atoms with van der Waals surface area (Å²) in [4.78, 5) is 14.5. The molecule has 0 aliphatic carbocycles. The Morgan fingerprint density at radius 1 is 1.57 bits per heavy atom. The Balaban J connectivity index is 2.19. The van der Waals surface area contributed by atoms with Gasteiger partial charge in [-0.15, -0.1) is 11.3 Å². The van der Waals surface area contributed by atoms with E-state index >= 15 is 0 Å². The predicted octanol–water partition coefficient (Wildman–Crippen LogP) is 0.485. The lowest BCUT2D eigenvalue weighted by atomic mass is 10.5.